The van der Waals surface area contributed by atoms with E-state index in [2.05, 4.69) is 16.5 Å². The van der Waals surface area contributed by atoms with Gasteiger partial charge in [0.1, 0.15) is 11.6 Å². The first-order chi connectivity index (χ1) is 10.5. The molecule has 0 radical (unpaired) electrons. The normalized spacial score (nSPS) is 11.0. The van der Waals surface area contributed by atoms with Gasteiger partial charge < -0.3 is 15.2 Å². The molecule has 1 heterocycles. The van der Waals surface area contributed by atoms with Crippen LogP contribution in [0.2, 0.25) is 0 Å². The number of rotatable bonds is 7. The highest BCUT2D eigenvalue weighted by atomic mass is 16.5. The number of benzene rings is 1. The summed E-state index contributed by atoms with van der Waals surface area (Å²) in [5, 5.41) is 17.0. The van der Waals surface area contributed by atoms with Crippen LogP contribution in [0.25, 0.3) is 0 Å². The van der Waals surface area contributed by atoms with Crippen LogP contribution in [-0.4, -0.2) is 27.6 Å². The lowest BCUT2D eigenvalue weighted by molar-refractivity contribution is 0.242. The molecule has 0 aliphatic heterocycles. The van der Waals surface area contributed by atoms with E-state index in [9.17, 15) is 0 Å². The van der Waals surface area contributed by atoms with Gasteiger partial charge in [-0.2, -0.15) is 5.10 Å². The number of aryl methyl sites for hydroxylation is 1. The highest BCUT2D eigenvalue weighted by molar-refractivity contribution is 5.47. The van der Waals surface area contributed by atoms with Gasteiger partial charge in [-0.3, -0.25) is 0 Å². The summed E-state index contributed by atoms with van der Waals surface area (Å²) >= 11 is 0. The predicted octanol–water partition coefficient (Wildman–Crippen LogP) is 2.89. The van der Waals surface area contributed by atoms with E-state index in [1.165, 1.54) is 0 Å². The van der Waals surface area contributed by atoms with Crippen molar-refractivity contribution in [3.63, 3.8) is 0 Å². The number of nitrogens with zero attached hydrogens (tertiary/aromatic N) is 2. The number of aliphatic hydroxyl groups excluding tert-OH is 1. The van der Waals surface area contributed by atoms with E-state index in [-0.39, 0.29) is 12.7 Å². The molecule has 2 rings (SSSR count). The van der Waals surface area contributed by atoms with E-state index >= 15 is 0 Å². The van der Waals surface area contributed by atoms with E-state index in [4.69, 9.17) is 9.84 Å². The molecule has 22 heavy (non-hydrogen) atoms. The minimum absolute atomic E-state index is 0.0763. The molecule has 0 atom stereocenters. The van der Waals surface area contributed by atoms with Crippen LogP contribution >= 0.6 is 0 Å². The molecule has 5 nitrogen and oxygen atoms in total. The predicted molar refractivity (Wildman–Crippen MR) is 88.3 cm³/mol. The van der Waals surface area contributed by atoms with Gasteiger partial charge in [-0.1, -0.05) is 12.1 Å². The van der Waals surface area contributed by atoms with Crippen LogP contribution in [0.4, 0.5) is 5.82 Å². The van der Waals surface area contributed by atoms with Gasteiger partial charge in [-0.05, 0) is 45.4 Å². The van der Waals surface area contributed by atoms with Crippen molar-refractivity contribution in [2.45, 2.75) is 46.9 Å². The van der Waals surface area contributed by atoms with Crippen molar-refractivity contribution >= 4 is 5.82 Å². The Morgan fingerprint density at radius 1 is 1.32 bits per heavy atom. The Morgan fingerprint density at radius 3 is 2.77 bits per heavy atom. The molecule has 5 heteroatoms. The number of aliphatic hydroxyl groups is 1. The molecular weight excluding hydrogens is 278 g/mol. The van der Waals surface area contributed by atoms with Crippen molar-refractivity contribution < 1.29 is 9.84 Å². The Morgan fingerprint density at radius 2 is 2.09 bits per heavy atom. The zero-order chi connectivity index (χ0) is 16.1. The summed E-state index contributed by atoms with van der Waals surface area (Å²) in [6, 6.07) is 8.07. The van der Waals surface area contributed by atoms with Crippen molar-refractivity contribution in [1.29, 1.82) is 0 Å². The molecule has 0 amide bonds. The van der Waals surface area contributed by atoms with Gasteiger partial charge in [0.05, 0.1) is 24.9 Å². The van der Waals surface area contributed by atoms with Crippen LogP contribution in [0.5, 0.6) is 5.75 Å². The number of nitrogens with one attached hydrogen (secondary N) is 1. The monoisotopic (exact) mass is 303 g/mol. The zero-order valence-corrected chi connectivity index (χ0v) is 13.8. The van der Waals surface area contributed by atoms with E-state index in [0.29, 0.717) is 13.1 Å². The zero-order valence-electron chi connectivity index (χ0n) is 13.8. The number of hydrogen-bond acceptors (Lipinski definition) is 4. The fraction of sp³-hybridized carbons (Fsp3) is 0.471. The van der Waals surface area contributed by atoms with Gasteiger partial charge >= 0.3 is 0 Å². The number of ether oxygens (including phenoxy) is 1. The van der Waals surface area contributed by atoms with Gasteiger partial charge in [-0.25, -0.2) is 4.68 Å². The Hall–Kier alpha value is -2.01. The molecule has 0 spiro atoms. The molecule has 1 aromatic heterocycles. The maximum absolute atomic E-state index is 9.14. The average molecular weight is 303 g/mol. The maximum atomic E-state index is 9.14. The smallest absolute Gasteiger partial charge is 0.127 e. The molecule has 0 unspecified atom stereocenters. The molecule has 0 aliphatic rings. The van der Waals surface area contributed by atoms with Crippen molar-refractivity contribution in [3.05, 3.63) is 41.1 Å². The molecule has 120 valence electrons. The highest BCUT2D eigenvalue weighted by Crippen LogP contribution is 2.20. The van der Waals surface area contributed by atoms with Gasteiger partial charge in [-0.15, -0.1) is 0 Å². The van der Waals surface area contributed by atoms with Crippen molar-refractivity contribution in [2.75, 3.05) is 11.9 Å². The Labute approximate surface area is 131 Å². The maximum Gasteiger partial charge on any atom is 0.127 e. The van der Waals surface area contributed by atoms with Gasteiger partial charge in [0, 0.05) is 12.1 Å². The van der Waals surface area contributed by atoms with E-state index in [0.717, 1.165) is 28.4 Å². The Balaban J connectivity index is 2.10. The van der Waals surface area contributed by atoms with Crippen LogP contribution in [0.15, 0.2) is 24.3 Å². The minimum Gasteiger partial charge on any atom is -0.491 e. The average Bonchev–Trinajstić information content (AvgIpc) is 2.72. The summed E-state index contributed by atoms with van der Waals surface area (Å²) < 4.78 is 7.54. The second-order valence-corrected chi connectivity index (χ2v) is 5.67. The Kier molecular flexibility index (Phi) is 5.44. The summed E-state index contributed by atoms with van der Waals surface area (Å²) in [4.78, 5) is 0. The SMILES string of the molecule is Cc1nn(CCO)c(NCc2cccc(OC(C)C)c2)c1C. The van der Waals surface area contributed by atoms with Crippen molar-refractivity contribution in [1.82, 2.24) is 9.78 Å². The second kappa shape index (κ2) is 7.31. The fourth-order valence-corrected chi connectivity index (χ4v) is 2.34. The second-order valence-electron chi connectivity index (χ2n) is 5.67. The molecule has 0 saturated carbocycles. The van der Waals surface area contributed by atoms with Crippen LogP contribution < -0.4 is 10.1 Å². The van der Waals surface area contributed by atoms with E-state index in [1.807, 2.05) is 50.6 Å². The molecule has 0 bridgehead atoms. The molecule has 0 aliphatic carbocycles. The summed E-state index contributed by atoms with van der Waals surface area (Å²) in [6.07, 6.45) is 0.166. The largest absolute Gasteiger partial charge is 0.491 e. The van der Waals surface area contributed by atoms with Crippen molar-refractivity contribution in [3.8, 4) is 5.75 Å². The molecule has 0 fully saturated rings. The van der Waals surface area contributed by atoms with E-state index in [1.54, 1.807) is 0 Å². The first kappa shape index (κ1) is 16.4. The summed E-state index contributed by atoms with van der Waals surface area (Å²) in [5.41, 5.74) is 3.24. The Bertz CT molecular complexity index is 620. The van der Waals surface area contributed by atoms with Gasteiger partial charge in [0.15, 0.2) is 0 Å². The summed E-state index contributed by atoms with van der Waals surface area (Å²) in [6.45, 7) is 9.31. The lowest BCUT2D eigenvalue weighted by Gasteiger charge is -2.13. The van der Waals surface area contributed by atoms with Crippen LogP contribution in [0.3, 0.4) is 0 Å². The molecule has 0 saturated heterocycles. The molecular formula is C17H25N3O2. The van der Waals surface area contributed by atoms with Crippen LogP contribution in [-0.2, 0) is 13.1 Å². The lowest BCUT2D eigenvalue weighted by atomic mass is 10.2. The third-order valence-electron chi connectivity index (χ3n) is 3.47. The lowest BCUT2D eigenvalue weighted by Crippen LogP contribution is -2.11. The summed E-state index contributed by atoms with van der Waals surface area (Å²) in [7, 11) is 0. The number of hydrogen-bond donors (Lipinski definition) is 2. The van der Waals surface area contributed by atoms with Gasteiger partial charge in [0.25, 0.3) is 0 Å². The van der Waals surface area contributed by atoms with Crippen LogP contribution in [0.1, 0.15) is 30.7 Å². The van der Waals surface area contributed by atoms with Crippen LogP contribution in [0, 0.1) is 13.8 Å². The standard InChI is InChI=1S/C17H25N3O2/c1-12(2)22-16-7-5-6-15(10-16)11-18-17-13(3)14(4)19-20(17)8-9-21/h5-7,10,12,18,21H,8-9,11H2,1-4H3. The summed E-state index contributed by atoms with van der Waals surface area (Å²) in [5.74, 6) is 1.84. The number of aromatic nitrogens is 2. The minimum atomic E-state index is 0.0763. The molecule has 1 aromatic carbocycles. The first-order valence-electron chi connectivity index (χ1n) is 7.65. The highest BCUT2D eigenvalue weighted by Gasteiger charge is 2.11. The molecule has 2 aromatic rings. The third kappa shape index (κ3) is 4.01. The van der Waals surface area contributed by atoms with Gasteiger partial charge in [0.2, 0.25) is 0 Å². The van der Waals surface area contributed by atoms with Crippen molar-refractivity contribution in [2.24, 2.45) is 0 Å². The first-order valence-corrected chi connectivity index (χ1v) is 7.65. The fourth-order valence-electron chi connectivity index (χ4n) is 2.34. The quantitative estimate of drug-likeness (QED) is 0.826. The topological polar surface area (TPSA) is 59.3 Å². The molecule has 2 N–H and O–H groups in total. The van der Waals surface area contributed by atoms with E-state index < -0.39 is 0 Å². The number of anilines is 1. The third-order valence-corrected chi connectivity index (χ3v) is 3.47.